The van der Waals surface area contributed by atoms with Gasteiger partial charge in [0, 0.05) is 13.3 Å². The van der Waals surface area contributed by atoms with Gasteiger partial charge in [0.1, 0.15) is 0 Å². The summed E-state index contributed by atoms with van der Waals surface area (Å²) < 4.78 is 4.48. The first-order chi connectivity index (χ1) is 11.6. The van der Waals surface area contributed by atoms with Crippen LogP contribution in [0.1, 0.15) is 110 Å². The molecule has 0 aromatic heterocycles. The molecule has 1 N–H and O–H groups in total. The van der Waals surface area contributed by atoms with E-state index in [1.54, 1.807) is 0 Å². The first kappa shape index (κ1) is 23.1. The second-order valence-electron chi connectivity index (χ2n) is 6.84. The molecule has 0 saturated carbocycles. The predicted molar refractivity (Wildman–Crippen MR) is 97.7 cm³/mol. The Hall–Kier alpha value is -0.900. The van der Waals surface area contributed by atoms with Gasteiger partial charge in [-0.25, -0.2) is 0 Å². The third-order valence-corrected chi connectivity index (χ3v) is 4.32. The van der Waals surface area contributed by atoms with Crippen molar-refractivity contribution in [2.75, 3.05) is 0 Å². The van der Waals surface area contributed by atoms with Crippen molar-refractivity contribution in [1.29, 1.82) is 0 Å². The van der Waals surface area contributed by atoms with Crippen molar-refractivity contribution in [2.24, 2.45) is 0 Å². The van der Waals surface area contributed by atoms with Crippen LogP contribution < -0.4 is 0 Å². The van der Waals surface area contributed by atoms with Crippen molar-refractivity contribution < 1.29 is 19.4 Å². The molecule has 4 nitrogen and oxygen atoms in total. The molecule has 1 unspecified atom stereocenters. The van der Waals surface area contributed by atoms with Gasteiger partial charge in [0.15, 0.2) is 0 Å². The molecule has 1 atom stereocenters. The fraction of sp³-hybridized carbons (Fsp3) is 0.900. The zero-order valence-corrected chi connectivity index (χ0v) is 15.9. The molecule has 0 heterocycles. The smallest absolute Gasteiger partial charge is 0.313 e. The maximum atomic E-state index is 11.2. The minimum Gasteiger partial charge on any atom is -0.393 e. The van der Waals surface area contributed by atoms with Crippen LogP contribution in [-0.2, 0) is 14.3 Å². The summed E-state index contributed by atoms with van der Waals surface area (Å²) in [5.74, 6) is -0.929. The van der Waals surface area contributed by atoms with E-state index in [0.29, 0.717) is 6.42 Å². The number of aliphatic hydroxyl groups excluding tert-OH is 1. The SMILES string of the molecule is CCCCCCC(O)CCCCCCCCCCC(=O)OC(C)=O. The fourth-order valence-corrected chi connectivity index (χ4v) is 2.87. The number of hydrogen-bond donors (Lipinski definition) is 1. The number of aliphatic hydroxyl groups is 1. The van der Waals surface area contributed by atoms with Gasteiger partial charge in [-0.15, -0.1) is 0 Å². The van der Waals surface area contributed by atoms with Crippen LogP contribution in [0.2, 0.25) is 0 Å². The largest absolute Gasteiger partial charge is 0.393 e. The van der Waals surface area contributed by atoms with Crippen molar-refractivity contribution in [3.05, 3.63) is 0 Å². The third kappa shape index (κ3) is 17.5. The Morgan fingerprint density at radius 1 is 0.792 bits per heavy atom. The average Bonchev–Trinajstić information content (AvgIpc) is 2.52. The van der Waals surface area contributed by atoms with Gasteiger partial charge in [0.2, 0.25) is 0 Å². The number of carbonyl (C=O) groups is 2. The molecule has 0 aromatic carbocycles. The molecule has 0 aliphatic carbocycles. The second kappa shape index (κ2) is 16.9. The first-order valence-corrected chi connectivity index (χ1v) is 9.95. The quantitative estimate of drug-likeness (QED) is 0.234. The van der Waals surface area contributed by atoms with Crippen LogP contribution in [0.5, 0.6) is 0 Å². The molecular weight excluding hydrogens is 304 g/mol. The van der Waals surface area contributed by atoms with Gasteiger partial charge in [0.25, 0.3) is 0 Å². The predicted octanol–water partition coefficient (Wildman–Crippen LogP) is 5.31. The molecule has 0 fully saturated rings. The van der Waals surface area contributed by atoms with Gasteiger partial charge >= 0.3 is 11.9 Å². The third-order valence-electron chi connectivity index (χ3n) is 4.32. The number of hydrogen-bond acceptors (Lipinski definition) is 4. The van der Waals surface area contributed by atoms with Crippen LogP contribution >= 0.6 is 0 Å². The maximum Gasteiger partial charge on any atom is 0.313 e. The van der Waals surface area contributed by atoms with E-state index in [9.17, 15) is 14.7 Å². The highest BCUT2D eigenvalue weighted by atomic mass is 16.6. The molecule has 0 aliphatic heterocycles. The highest BCUT2D eigenvalue weighted by molar-refractivity contribution is 5.83. The molecule has 0 aromatic rings. The van der Waals surface area contributed by atoms with E-state index in [4.69, 9.17) is 0 Å². The normalized spacial score (nSPS) is 12.1. The fourth-order valence-electron chi connectivity index (χ4n) is 2.87. The van der Waals surface area contributed by atoms with Crippen LogP contribution in [0.15, 0.2) is 0 Å². The molecule has 0 amide bonds. The van der Waals surface area contributed by atoms with Gasteiger partial charge in [-0.1, -0.05) is 77.6 Å². The van der Waals surface area contributed by atoms with Gasteiger partial charge in [-0.3, -0.25) is 9.59 Å². The summed E-state index contributed by atoms with van der Waals surface area (Å²) in [5.41, 5.74) is 0. The van der Waals surface area contributed by atoms with Crippen molar-refractivity contribution in [1.82, 2.24) is 0 Å². The van der Waals surface area contributed by atoms with E-state index in [2.05, 4.69) is 11.7 Å². The highest BCUT2D eigenvalue weighted by Gasteiger charge is 2.05. The molecule has 0 bridgehead atoms. The van der Waals surface area contributed by atoms with E-state index in [1.165, 1.54) is 51.9 Å². The van der Waals surface area contributed by atoms with Crippen LogP contribution in [0.25, 0.3) is 0 Å². The van der Waals surface area contributed by atoms with Gasteiger partial charge in [0.05, 0.1) is 6.10 Å². The number of carbonyl (C=O) groups excluding carboxylic acids is 2. The summed E-state index contributed by atoms with van der Waals surface area (Å²) in [5, 5.41) is 9.89. The zero-order valence-electron chi connectivity index (χ0n) is 15.9. The number of esters is 2. The zero-order chi connectivity index (χ0) is 18.0. The van der Waals surface area contributed by atoms with E-state index >= 15 is 0 Å². The van der Waals surface area contributed by atoms with Crippen LogP contribution in [-0.4, -0.2) is 23.1 Å². The lowest BCUT2D eigenvalue weighted by Gasteiger charge is -2.10. The molecule has 142 valence electrons. The molecule has 4 heteroatoms. The average molecular weight is 343 g/mol. The van der Waals surface area contributed by atoms with Crippen molar-refractivity contribution in [2.45, 2.75) is 116 Å². The maximum absolute atomic E-state index is 11.2. The summed E-state index contributed by atoms with van der Waals surface area (Å²) in [6.45, 7) is 3.46. The van der Waals surface area contributed by atoms with Crippen LogP contribution in [0.3, 0.4) is 0 Å². The summed E-state index contributed by atoms with van der Waals surface area (Å²) in [7, 11) is 0. The Bertz CT molecular complexity index is 315. The lowest BCUT2D eigenvalue weighted by atomic mass is 10.0. The monoisotopic (exact) mass is 342 g/mol. The second-order valence-corrected chi connectivity index (χ2v) is 6.84. The Balaban J connectivity index is 3.22. The molecule has 0 aliphatic rings. The van der Waals surface area contributed by atoms with E-state index in [-0.39, 0.29) is 6.10 Å². The van der Waals surface area contributed by atoms with Crippen molar-refractivity contribution >= 4 is 11.9 Å². The Labute approximate surface area is 148 Å². The van der Waals surface area contributed by atoms with E-state index in [0.717, 1.165) is 44.9 Å². The Morgan fingerprint density at radius 3 is 1.75 bits per heavy atom. The van der Waals surface area contributed by atoms with Crippen LogP contribution in [0.4, 0.5) is 0 Å². The van der Waals surface area contributed by atoms with Crippen molar-refractivity contribution in [3.63, 3.8) is 0 Å². The summed E-state index contributed by atoms with van der Waals surface area (Å²) >= 11 is 0. The van der Waals surface area contributed by atoms with Crippen LogP contribution in [0, 0.1) is 0 Å². The standard InChI is InChI=1S/C20H38O4/c1-3-4-5-12-15-19(22)16-13-10-8-6-7-9-11-14-17-20(23)24-18(2)21/h19,22H,3-17H2,1-2H3. The number of rotatable bonds is 16. The molecule has 0 rings (SSSR count). The number of unbranched alkanes of at least 4 members (excludes halogenated alkanes) is 10. The number of ether oxygens (including phenoxy) is 1. The van der Waals surface area contributed by atoms with Gasteiger partial charge < -0.3 is 9.84 Å². The lowest BCUT2D eigenvalue weighted by Crippen LogP contribution is -2.08. The topological polar surface area (TPSA) is 63.6 Å². The molecule has 24 heavy (non-hydrogen) atoms. The first-order valence-electron chi connectivity index (χ1n) is 9.95. The minimum atomic E-state index is -0.522. The Kier molecular flexibility index (Phi) is 16.3. The minimum absolute atomic E-state index is 0.100. The molecule has 0 spiro atoms. The van der Waals surface area contributed by atoms with E-state index < -0.39 is 11.9 Å². The van der Waals surface area contributed by atoms with Crippen molar-refractivity contribution in [3.8, 4) is 0 Å². The highest BCUT2D eigenvalue weighted by Crippen LogP contribution is 2.14. The molecular formula is C20H38O4. The molecule has 0 saturated heterocycles. The summed E-state index contributed by atoms with van der Waals surface area (Å²) in [4.78, 5) is 21.7. The van der Waals surface area contributed by atoms with E-state index in [1.807, 2.05) is 0 Å². The van der Waals surface area contributed by atoms with Gasteiger partial charge in [-0.05, 0) is 19.3 Å². The lowest BCUT2D eigenvalue weighted by molar-refractivity contribution is -0.158. The molecule has 0 radical (unpaired) electrons. The summed E-state index contributed by atoms with van der Waals surface area (Å²) in [6, 6.07) is 0. The summed E-state index contributed by atoms with van der Waals surface area (Å²) in [6.07, 6.45) is 16.0. The van der Waals surface area contributed by atoms with Gasteiger partial charge in [-0.2, -0.15) is 0 Å². The Morgan fingerprint density at radius 2 is 1.25 bits per heavy atom.